The van der Waals surface area contributed by atoms with Crippen LogP contribution in [0.25, 0.3) is 44.1 Å². The van der Waals surface area contributed by atoms with Crippen LogP contribution in [0.1, 0.15) is 25.0 Å². The van der Waals surface area contributed by atoms with E-state index < -0.39 is 0 Å². The van der Waals surface area contributed by atoms with E-state index in [-0.39, 0.29) is 16.0 Å². The molecule has 0 radical (unpaired) electrons. The molecule has 150 valence electrons. The number of aromatic nitrogens is 3. The van der Waals surface area contributed by atoms with Crippen LogP contribution in [0.2, 0.25) is 10.6 Å². The zero-order chi connectivity index (χ0) is 21.3. The predicted molar refractivity (Wildman–Crippen MR) is 128 cm³/mol. The minimum Gasteiger partial charge on any atom is -0.198 e. The van der Waals surface area contributed by atoms with Crippen molar-refractivity contribution in [2.75, 3.05) is 0 Å². The Balaban J connectivity index is 1.79. The summed E-state index contributed by atoms with van der Waals surface area (Å²) in [5.41, 5.74) is 5.91. The molecule has 1 aliphatic rings. The fourth-order valence-corrected chi connectivity index (χ4v) is 5.34. The molecule has 1 aromatic heterocycles. The Kier molecular flexibility index (Phi) is 3.92. The van der Waals surface area contributed by atoms with Gasteiger partial charge in [-0.05, 0) is 73.1 Å². The second-order valence-electron chi connectivity index (χ2n) is 8.42. The van der Waals surface area contributed by atoms with E-state index in [1.807, 2.05) is 6.07 Å². The molecule has 6 rings (SSSR count). The normalized spacial score (nSPS) is 14.1. The highest BCUT2D eigenvalue weighted by Gasteiger charge is 2.38. The van der Waals surface area contributed by atoms with Gasteiger partial charge in [0.05, 0.1) is 0 Å². The Bertz CT molecular complexity index is 1520. The summed E-state index contributed by atoms with van der Waals surface area (Å²) in [7, 11) is 0. The Hall–Kier alpha value is -3.01. The molecule has 0 bridgehead atoms. The molecule has 0 aliphatic heterocycles. The number of hydrogen-bond donors (Lipinski definition) is 0. The van der Waals surface area contributed by atoms with Crippen LogP contribution >= 0.6 is 23.2 Å². The highest BCUT2D eigenvalue weighted by molar-refractivity contribution is 6.31. The maximum atomic E-state index is 6.12. The van der Waals surface area contributed by atoms with Crippen LogP contribution < -0.4 is 0 Å². The van der Waals surface area contributed by atoms with Crippen molar-refractivity contribution in [1.82, 2.24) is 15.0 Å². The molecule has 4 aromatic carbocycles. The average Bonchev–Trinajstić information content (AvgIpc) is 3.00. The summed E-state index contributed by atoms with van der Waals surface area (Å²) in [6.07, 6.45) is 0. The van der Waals surface area contributed by atoms with Crippen LogP contribution in [0.5, 0.6) is 0 Å². The maximum Gasteiger partial charge on any atom is 0.227 e. The van der Waals surface area contributed by atoms with Gasteiger partial charge in [-0.15, -0.1) is 0 Å². The summed E-state index contributed by atoms with van der Waals surface area (Å²) in [6, 6.07) is 23.7. The average molecular weight is 442 g/mol. The quantitative estimate of drug-likeness (QED) is 0.271. The number of nitrogens with zero attached hydrogens (tertiary/aromatic N) is 3. The molecule has 0 atom stereocenters. The number of fused-ring (bicyclic) bond motifs is 7. The summed E-state index contributed by atoms with van der Waals surface area (Å²) in [5.74, 6) is 0.487. The zero-order valence-electron chi connectivity index (χ0n) is 16.9. The lowest BCUT2D eigenvalue weighted by Gasteiger charge is -2.22. The third kappa shape index (κ3) is 2.63. The van der Waals surface area contributed by atoms with Crippen molar-refractivity contribution in [1.29, 1.82) is 0 Å². The summed E-state index contributed by atoms with van der Waals surface area (Å²) in [6.45, 7) is 4.55. The largest absolute Gasteiger partial charge is 0.227 e. The first-order valence-corrected chi connectivity index (χ1v) is 10.9. The first-order chi connectivity index (χ1) is 14.9. The summed E-state index contributed by atoms with van der Waals surface area (Å²) in [5, 5.41) is 4.94. The van der Waals surface area contributed by atoms with E-state index in [0.717, 1.165) is 10.9 Å². The Morgan fingerprint density at radius 3 is 2.00 bits per heavy atom. The van der Waals surface area contributed by atoms with Crippen molar-refractivity contribution in [2.45, 2.75) is 19.3 Å². The molecular formula is C26H17Cl2N3. The maximum absolute atomic E-state index is 6.12. The summed E-state index contributed by atoms with van der Waals surface area (Å²) in [4.78, 5) is 12.7. The van der Waals surface area contributed by atoms with Gasteiger partial charge in [0.25, 0.3) is 0 Å². The van der Waals surface area contributed by atoms with Crippen molar-refractivity contribution in [3.05, 3.63) is 88.4 Å². The van der Waals surface area contributed by atoms with E-state index in [2.05, 4.69) is 89.5 Å². The van der Waals surface area contributed by atoms with Crippen molar-refractivity contribution in [3.8, 4) is 22.5 Å². The van der Waals surface area contributed by atoms with Crippen LogP contribution in [-0.2, 0) is 5.41 Å². The van der Waals surface area contributed by atoms with Crippen molar-refractivity contribution >= 4 is 44.7 Å². The second-order valence-corrected chi connectivity index (χ2v) is 9.10. The number of hydrogen-bond acceptors (Lipinski definition) is 3. The standard InChI is InChI=1S/C26H17Cl2N3/c1-26(2)19-12-11-14-7-3-4-8-15(14)21(19)22-17-10-6-5-9-16(17)18(13-20(22)26)23-29-24(27)31-25(28)30-23/h3-13H,1-2H3. The van der Waals surface area contributed by atoms with E-state index >= 15 is 0 Å². The summed E-state index contributed by atoms with van der Waals surface area (Å²) >= 11 is 12.2. The van der Waals surface area contributed by atoms with Gasteiger partial charge in [-0.1, -0.05) is 74.5 Å². The molecule has 1 heterocycles. The first kappa shape index (κ1) is 18.7. The van der Waals surface area contributed by atoms with Crippen molar-refractivity contribution in [3.63, 3.8) is 0 Å². The summed E-state index contributed by atoms with van der Waals surface area (Å²) < 4.78 is 0. The third-order valence-corrected chi connectivity index (χ3v) is 6.73. The minimum atomic E-state index is -0.173. The topological polar surface area (TPSA) is 38.7 Å². The smallest absolute Gasteiger partial charge is 0.198 e. The number of benzene rings is 4. The Labute approximate surface area is 189 Å². The molecule has 0 saturated carbocycles. The fourth-order valence-electron chi connectivity index (χ4n) is 4.98. The molecule has 0 amide bonds. The lowest BCUT2D eigenvalue weighted by atomic mass is 9.81. The minimum absolute atomic E-state index is 0.0909. The predicted octanol–water partition coefficient (Wildman–Crippen LogP) is 7.46. The molecule has 1 aliphatic carbocycles. The molecule has 0 unspecified atom stereocenters. The van der Waals surface area contributed by atoms with Gasteiger partial charge in [0, 0.05) is 11.0 Å². The SMILES string of the molecule is CC1(C)c2ccc3ccccc3c2-c2c1cc(-c1nc(Cl)nc(Cl)n1)c1ccccc21. The van der Waals surface area contributed by atoms with Crippen molar-refractivity contribution in [2.24, 2.45) is 0 Å². The van der Waals surface area contributed by atoms with Gasteiger partial charge in [0.2, 0.25) is 10.6 Å². The van der Waals surface area contributed by atoms with Crippen molar-refractivity contribution < 1.29 is 0 Å². The monoisotopic (exact) mass is 441 g/mol. The highest BCUT2D eigenvalue weighted by Crippen LogP contribution is 2.54. The van der Waals surface area contributed by atoms with E-state index in [4.69, 9.17) is 23.2 Å². The zero-order valence-corrected chi connectivity index (χ0v) is 18.5. The van der Waals surface area contributed by atoms with Gasteiger partial charge < -0.3 is 0 Å². The molecule has 0 saturated heterocycles. The molecule has 5 heteroatoms. The van der Waals surface area contributed by atoms with Gasteiger partial charge >= 0.3 is 0 Å². The van der Waals surface area contributed by atoms with Gasteiger partial charge in [-0.25, -0.2) is 0 Å². The molecule has 0 fully saturated rings. The molecule has 0 N–H and O–H groups in total. The third-order valence-electron chi connectivity index (χ3n) is 6.39. The lowest BCUT2D eigenvalue weighted by Crippen LogP contribution is -2.15. The number of halogens is 2. The van der Waals surface area contributed by atoms with E-state index in [0.29, 0.717) is 5.82 Å². The molecular weight excluding hydrogens is 425 g/mol. The first-order valence-electron chi connectivity index (χ1n) is 10.1. The molecule has 3 nitrogen and oxygen atoms in total. The van der Waals surface area contributed by atoms with E-state index in [1.54, 1.807) is 0 Å². The second kappa shape index (κ2) is 6.49. The highest BCUT2D eigenvalue weighted by atomic mass is 35.5. The Morgan fingerprint density at radius 2 is 1.26 bits per heavy atom. The fraction of sp³-hybridized carbons (Fsp3) is 0.115. The van der Waals surface area contributed by atoms with Crippen LogP contribution in [-0.4, -0.2) is 15.0 Å². The van der Waals surface area contributed by atoms with E-state index in [1.165, 1.54) is 38.4 Å². The van der Waals surface area contributed by atoms with Gasteiger partial charge in [-0.3, -0.25) is 0 Å². The molecule has 31 heavy (non-hydrogen) atoms. The van der Waals surface area contributed by atoms with E-state index in [9.17, 15) is 0 Å². The van der Waals surface area contributed by atoms with Crippen LogP contribution in [0, 0.1) is 0 Å². The Morgan fingerprint density at radius 1 is 0.645 bits per heavy atom. The van der Waals surface area contributed by atoms with Crippen LogP contribution in [0.15, 0.2) is 66.7 Å². The van der Waals surface area contributed by atoms with Gasteiger partial charge in [-0.2, -0.15) is 15.0 Å². The van der Waals surface area contributed by atoms with Gasteiger partial charge in [0.1, 0.15) is 0 Å². The lowest BCUT2D eigenvalue weighted by molar-refractivity contribution is 0.661. The van der Waals surface area contributed by atoms with Gasteiger partial charge in [0.15, 0.2) is 5.82 Å². The van der Waals surface area contributed by atoms with Crippen LogP contribution in [0.4, 0.5) is 0 Å². The molecule has 0 spiro atoms. The molecule has 5 aromatic rings. The number of rotatable bonds is 1. The van der Waals surface area contributed by atoms with Crippen LogP contribution in [0.3, 0.4) is 0 Å².